The molecule has 94 valence electrons. The van der Waals surface area contributed by atoms with Gasteiger partial charge in [0.15, 0.2) is 6.29 Å². The van der Waals surface area contributed by atoms with Gasteiger partial charge in [-0.25, -0.2) is 0 Å². The number of nitriles is 1. The quantitative estimate of drug-likeness (QED) is 0.797. The second-order valence-electron chi connectivity index (χ2n) is 4.01. The third-order valence-electron chi connectivity index (χ3n) is 2.87. The number of benzene rings is 2. The first-order valence-electron chi connectivity index (χ1n) is 5.65. The molecule has 2 aromatic rings. The van der Waals surface area contributed by atoms with Crippen molar-refractivity contribution in [3.05, 3.63) is 58.6 Å². The van der Waals surface area contributed by atoms with Gasteiger partial charge in [-0.05, 0) is 30.3 Å². The molecule has 0 saturated heterocycles. The molecule has 0 aliphatic carbocycles. The Morgan fingerprint density at radius 2 is 2.00 bits per heavy atom. The van der Waals surface area contributed by atoms with E-state index in [1.165, 1.54) is 0 Å². The van der Waals surface area contributed by atoms with Crippen molar-refractivity contribution in [1.82, 2.24) is 0 Å². The van der Waals surface area contributed by atoms with Gasteiger partial charge in [-0.1, -0.05) is 23.7 Å². The lowest BCUT2D eigenvalue weighted by Crippen LogP contribution is -2.12. The fourth-order valence-electron chi connectivity index (χ4n) is 1.86. The van der Waals surface area contributed by atoms with E-state index in [9.17, 15) is 4.79 Å². The number of carbonyl (C=O) groups is 1. The molecular formula is C15H11ClN2O. The van der Waals surface area contributed by atoms with Crippen LogP contribution in [0.1, 0.15) is 15.9 Å². The predicted octanol–water partition coefficient (Wildman–Crippen LogP) is 3.79. The molecule has 0 unspecified atom stereocenters. The lowest BCUT2D eigenvalue weighted by Gasteiger charge is -2.21. The Morgan fingerprint density at radius 3 is 2.68 bits per heavy atom. The second-order valence-corrected chi connectivity index (χ2v) is 4.42. The maximum absolute atomic E-state index is 11.1. The molecule has 0 fully saturated rings. The molecule has 0 saturated carbocycles. The summed E-state index contributed by atoms with van der Waals surface area (Å²) in [6, 6.07) is 14.5. The summed E-state index contributed by atoms with van der Waals surface area (Å²) in [7, 11) is 1.83. The van der Waals surface area contributed by atoms with Crippen molar-refractivity contribution in [2.45, 2.75) is 0 Å². The van der Waals surface area contributed by atoms with Gasteiger partial charge in [-0.2, -0.15) is 5.26 Å². The maximum atomic E-state index is 11.1. The van der Waals surface area contributed by atoms with E-state index >= 15 is 0 Å². The van der Waals surface area contributed by atoms with E-state index in [0.29, 0.717) is 21.8 Å². The molecule has 0 aromatic heterocycles. The SMILES string of the molecule is CN(c1cccc(C#N)c1)c1cccc(Cl)c1C=O. The summed E-state index contributed by atoms with van der Waals surface area (Å²) in [6.07, 6.45) is 0.738. The third kappa shape index (κ3) is 2.59. The van der Waals surface area contributed by atoms with Gasteiger partial charge >= 0.3 is 0 Å². The van der Waals surface area contributed by atoms with Crippen LogP contribution in [0.2, 0.25) is 5.02 Å². The zero-order valence-corrected chi connectivity index (χ0v) is 11.1. The highest BCUT2D eigenvalue weighted by atomic mass is 35.5. The summed E-state index contributed by atoms with van der Waals surface area (Å²) >= 11 is 6.01. The van der Waals surface area contributed by atoms with Crippen LogP contribution in [-0.2, 0) is 0 Å². The topological polar surface area (TPSA) is 44.1 Å². The largest absolute Gasteiger partial charge is 0.344 e. The third-order valence-corrected chi connectivity index (χ3v) is 3.20. The summed E-state index contributed by atoms with van der Waals surface area (Å²) in [5.74, 6) is 0. The van der Waals surface area contributed by atoms with Gasteiger partial charge in [0.2, 0.25) is 0 Å². The Balaban J connectivity index is 2.50. The number of nitrogens with zero attached hydrogens (tertiary/aromatic N) is 2. The molecule has 0 heterocycles. The molecular weight excluding hydrogens is 260 g/mol. The lowest BCUT2D eigenvalue weighted by molar-refractivity contribution is 0.112. The minimum absolute atomic E-state index is 0.413. The number of anilines is 2. The Morgan fingerprint density at radius 1 is 1.26 bits per heavy atom. The van der Waals surface area contributed by atoms with Crippen LogP contribution in [0, 0.1) is 11.3 Å². The van der Waals surface area contributed by atoms with Crippen LogP contribution in [0.5, 0.6) is 0 Å². The number of aldehydes is 1. The molecule has 2 aromatic carbocycles. The van der Waals surface area contributed by atoms with Gasteiger partial charge in [0, 0.05) is 12.7 Å². The molecule has 2 rings (SSSR count). The number of halogens is 1. The first kappa shape index (κ1) is 13.1. The average Bonchev–Trinajstić information content (AvgIpc) is 2.46. The minimum atomic E-state index is 0.413. The normalized spacial score (nSPS) is 9.74. The van der Waals surface area contributed by atoms with Crippen molar-refractivity contribution >= 4 is 29.3 Å². The molecule has 3 nitrogen and oxygen atoms in total. The zero-order valence-electron chi connectivity index (χ0n) is 10.3. The first-order valence-corrected chi connectivity index (χ1v) is 6.02. The average molecular weight is 271 g/mol. The van der Waals surface area contributed by atoms with Crippen LogP contribution in [-0.4, -0.2) is 13.3 Å². The standard InChI is InChI=1S/C15H11ClN2O/c1-18(12-5-2-4-11(8-12)9-17)15-7-3-6-14(16)13(15)10-19/h2-8,10H,1H3. The summed E-state index contributed by atoms with van der Waals surface area (Å²) in [4.78, 5) is 13.0. The Kier molecular flexibility index (Phi) is 3.84. The van der Waals surface area contributed by atoms with Crippen LogP contribution in [0.3, 0.4) is 0 Å². The maximum Gasteiger partial charge on any atom is 0.153 e. The molecule has 4 heteroatoms. The molecule has 0 N–H and O–H groups in total. The fraction of sp³-hybridized carbons (Fsp3) is 0.0667. The van der Waals surface area contributed by atoms with Crippen LogP contribution in [0.4, 0.5) is 11.4 Å². The van der Waals surface area contributed by atoms with Crippen molar-refractivity contribution in [3.8, 4) is 6.07 Å². The van der Waals surface area contributed by atoms with Crippen LogP contribution in [0.15, 0.2) is 42.5 Å². The van der Waals surface area contributed by atoms with Gasteiger partial charge in [-0.3, -0.25) is 4.79 Å². The number of carbonyl (C=O) groups excluding carboxylic acids is 1. The minimum Gasteiger partial charge on any atom is -0.344 e. The first-order chi connectivity index (χ1) is 9.17. The summed E-state index contributed by atoms with van der Waals surface area (Å²) in [5.41, 5.74) is 2.54. The Labute approximate surface area is 116 Å². The molecule has 0 bridgehead atoms. The molecule has 0 aliphatic rings. The molecule has 0 spiro atoms. The fourth-order valence-corrected chi connectivity index (χ4v) is 2.07. The van der Waals surface area contributed by atoms with E-state index in [-0.39, 0.29) is 0 Å². The highest BCUT2D eigenvalue weighted by molar-refractivity contribution is 6.33. The van der Waals surface area contributed by atoms with E-state index in [1.54, 1.807) is 30.3 Å². The van der Waals surface area contributed by atoms with Gasteiger partial charge in [0.1, 0.15) is 0 Å². The number of hydrogen-bond donors (Lipinski definition) is 0. The van der Waals surface area contributed by atoms with E-state index < -0.39 is 0 Å². The Bertz CT molecular complexity index is 661. The van der Waals surface area contributed by atoms with Gasteiger partial charge in [0.25, 0.3) is 0 Å². The highest BCUT2D eigenvalue weighted by Gasteiger charge is 2.11. The summed E-state index contributed by atoms with van der Waals surface area (Å²) < 4.78 is 0. The van der Waals surface area contributed by atoms with E-state index in [1.807, 2.05) is 24.1 Å². The van der Waals surface area contributed by atoms with Crippen LogP contribution in [0.25, 0.3) is 0 Å². The number of hydrogen-bond acceptors (Lipinski definition) is 3. The smallest absolute Gasteiger partial charge is 0.153 e. The lowest BCUT2D eigenvalue weighted by atomic mass is 10.1. The van der Waals surface area contributed by atoms with E-state index in [2.05, 4.69) is 6.07 Å². The van der Waals surface area contributed by atoms with Gasteiger partial charge < -0.3 is 4.90 Å². The predicted molar refractivity (Wildman–Crippen MR) is 76.1 cm³/mol. The van der Waals surface area contributed by atoms with Gasteiger partial charge in [0.05, 0.1) is 27.9 Å². The van der Waals surface area contributed by atoms with Gasteiger partial charge in [-0.15, -0.1) is 0 Å². The van der Waals surface area contributed by atoms with E-state index in [4.69, 9.17) is 16.9 Å². The summed E-state index contributed by atoms with van der Waals surface area (Å²) in [6.45, 7) is 0. The highest BCUT2D eigenvalue weighted by Crippen LogP contribution is 2.30. The molecule has 0 amide bonds. The van der Waals surface area contributed by atoms with Crippen molar-refractivity contribution < 1.29 is 4.79 Å². The molecule has 0 atom stereocenters. The second kappa shape index (κ2) is 5.55. The van der Waals surface area contributed by atoms with Crippen molar-refractivity contribution in [1.29, 1.82) is 5.26 Å². The molecule has 0 radical (unpaired) electrons. The van der Waals surface area contributed by atoms with Crippen LogP contribution < -0.4 is 4.90 Å². The monoisotopic (exact) mass is 270 g/mol. The summed E-state index contributed by atoms with van der Waals surface area (Å²) in [5, 5.41) is 9.33. The van der Waals surface area contributed by atoms with Crippen molar-refractivity contribution in [3.63, 3.8) is 0 Å². The molecule has 19 heavy (non-hydrogen) atoms. The molecule has 0 aliphatic heterocycles. The van der Waals surface area contributed by atoms with Crippen LogP contribution >= 0.6 is 11.6 Å². The van der Waals surface area contributed by atoms with Crippen molar-refractivity contribution in [2.24, 2.45) is 0 Å². The zero-order chi connectivity index (χ0) is 13.8. The number of rotatable bonds is 3. The Hall–Kier alpha value is -2.31. The van der Waals surface area contributed by atoms with Crippen molar-refractivity contribution in [2.75, 3.05) is 11.9 Å². The van der Waals surface area contributed by atoms with E-state index in [0.717, 1.165) is 12.0 Å².